The van der Waals surface area contributed by atoms with Crippen LogP contribution in [-0.2, 0) is 24.3 Å². The lowest BCUT2D eigenvalue weighted by Crippen LogP contribution is -2.22. The van der Waals surface area contributed by atoms with Crippen molar-refractivity contribution in [3.8, 4) is 0 Å². The molecule has 2 aliphatic carbocycles. The van der Waals surface area contributed by atoms with E-state index in [1.165, 1.54) is 6.42 Å². The summed E-state index contributed by atoms with van der Waals surface area (Å²) >= 11 is 0. The van der Waals surface area contributed by atoms with Crippen LogP contribution in [0.3, 0.4) is 0 Å². The van der Waals surface area contributed by atoms with Crippen molar-refractivity contribution in [2.24, 2.45) is 11.8 Å². The summed E-state index contributed by atoms with van der Waals surface area (Å²) in [5.74, 6) is 0.531. The van der Waals surface area contributed by atoms with Crippen molar-refractivity contribution in [3.63, 3.8) is 0 Å². The summed E-state index contributed by atoms with van der Waals surface area (Å²) in [6.45, 7) is 8.09. The van der Waals surface area contributed by atoms with Gasteiger partial charge in [0.15, 0.2) is 5.69 Å². The number of aromatic carboxylic acids is 1. The maximum Gasteiger partial charge on any atom is 0.356 e. The summed E-state index contributed by atoms with van der Waals surface area (Å²) < 4.78 is 7.54. The van der Waals surface area contributed by atoms with Gasteiger partial charge in [-0.1, -0.05) is 19.6 Å². The molecule has 5 nitrogen and oxygen atoms in total. The van der Waals surface area contributed by atoms with E-state index < -0.39 is 14.0 Å². The van der Waals surface area contributed by atoms with Crippen LogP contribution >= 0.6 is 0 Å². The zero-order valence-electron chi connectivity index (χ0n) is 13.1. The maximum absolute atomic E-state index is 11.4. The summed E-state index contributed by atoms with van der Waals surface area (Å²) in [5, 5.41) is 13.6. The van der Waals surface area contributed by atoms with Crippen LogP contribution < -0.4 is 0 Å². The summed E-state index contributed by atoms with van der Waals surface area (Å²) in [6, 6.07) is 1.12. The van der Waals surface area contributed by atoms with Crippen molar-refractivity contribution >= 4 is 14.0 Å². The highest BCUT2D eigenvalue weighted by Crippen LogP contribution is 2.48. The molecule has 1 fully saturated rings. The fourth-order valence-electron chi connectivity index (χ4n) is 3.11. The molecule has 0 aromatic carbocycles. The van der Waals surface area contributed by atoms with E-state index in [2.05, 4.69) is 24.7 Å². The molecule has 2 aliphatic rings. The molecule has 1 N–H and O–H groups in total. The van der Waals surface area contributed by atoms with Crippen LogP contribution in [0.4, 0.5) is 0 Å². The summed E-state index contributed by atoms with van der Waals surface area (Å²) in [5.41, 5.74) is 2.29. The van der Waals surface area contributed by atoms with Crippen molar-refractivity contribution in [1.82, 2.24) is 9.78 Å². The van der Waals surface area contributed by atoms with Gasteiger partial charge in [0.25, 0.3) is 0 Å². The number of carboxylic acids is 1. The van der Waals surface area contributed by atoms with Gasteiger partial charge in [-0.15, -0.1) is 0 Å². The van der Waals surface area contributed by atoms with Crippen LogP contribution in [0.25, 0.3) is 0 Å². The van der Waals surface area contributed by atoms with Gasteiger partial charge in [-0.25, -0.2) is 9.48 Å². The Morgan fingerprint density at radius 3 is 2.76 bits per heavy atom. The quantitative estimate of drug-likeness (QED) is 0.648. The first-order chi connectivity index (χ1) is 9.85. The second-order valence-electron chi connectivity index (χ2n) is 7.59. The van der Waals surface area contributed by atoms with Crippen molar-refractivity contribution in [3.05, 3.63) is 17.0 Å². The molecule has 1 saturated carbocycles. The third-order valence-corrected chi connectivity index (χ3v) is 6.27. The minimum Gasteiger partial charge on any atom is -0.476 e. The maximum atomic E-state index is 11.4. The van der Waals surface area contributed by atoms with E-state index in [1.807, 2.05) is 0 Å². The molecular weight excluding hydrogens is 284 g/mol. The lowest BCUT2D eigenvalue weighted by atomic mass is 9.96. The van der Waals surface area contributed by atoms with Crippen LogP contribution in [0, 0.1) is 11.8 Å². The number of nitrogens with zero attached hydrogens (tertiary/aromatic N) is 2. The molecule has 0 aliphatic heterocycles. The lowest BCUT2D eigenvalue weighted by molar-refractivity contribution is 0.0668. The molecule has 1 heterocycles. The van der Waals surface area contributed by atoms with Gasteiger partial charge in [0.05, 0.1) is 0 Å². The summed E-state index contributed by atoms with van der Waals surface area (Å²) in [7, 11) is -1.09. The van der Waals surface area contributed by atoms with Gasteiger partial charge in [-0.05, 0) is 37.1 Å². The first kappa shape index (κ1) is 14.8. The van der Waals surface area contributed by atoms with Crippen LogP contribution in [0.5, 0.6) is 0 Å². The molecule has 2 atom stereocenters. The molecule has 0 radical (unpaired) electrons. The Kier molecular flexibility index (Phi) is 3.69. The van der Waals surface area contributed by atoms with Crippen molar-refractivity contribution in [1.29, 1.82) is 0 Å². The number of hydrogen-bond donors (Lipinski definition) is 1. The van der Waals surface area contributed by atoms with Gasteiger partial charge >= 0.3 is 5.97 Å². The Bertz CT molecular complexity index is 562. The molecule has 1 aromatic rings. The Morgan fingerprint density at radius 1 is 1.38 bits per heavy atom. The van der Waals surface area contributed by atoms with Gasteiger partial charge in [-0.2, -0.15) is 5.10 Å². The minimum absolute atomic E-state index is 0.240. The largest absolute Gasteiger partial charge is 0.476 e. The molecule has 116 valence electrons. The van der Waals surface area contributed by atoms with Gasteiger partial charge in [0.1, 0.15) is 6.73 Å². The number of fused-ring (bicyclic) bond motifs is 2. The Labute approximate surface area is 126 Å². The Morgan fingerprint density at radius 2 is 2.10 bits per heavy atom. The van der Waals surface area contributed by atoms with Crippen LogP contribution in [0.1, 0.15) is 28.2 Å². The van der Waals surface area contributed by atoms with Crippen molar-refractivity contribution in [2.75, 3.05) is 6.61 Å². The zero-order chi connectivity index (χ0) is 15.2. The number of hydrogen-bond acceptors (Lipinski definition) is 3. The molecule has 6 heteroatoms. The van der Waals surface area contributed by atoms with E-state index in [0.717, 1.165) is 42.7 Å². The molecular formula is C15H24N2O3Si. The van der Waals surface area contributed by atoms with Gasteiger partial charge in [0.2, 0.25) is 0 Å². The molecule has 0 saturated heterocycles. The molecule has 1 aromatic heterocycles. The Balaban J connectivity index is 1.69. The predicted molar refractivity (Wildman–Crippen MR) is 82.3 cm³/mol. The van der Waals surface area contributed by atoms with E-state index in [1.54, 1.807) is 4.68 Å². The molecule has 0 amide bonds. The van der Waals surface area contributed by atoms with E-state index in [4.69, 9.17) is 4.74 Å². The van der Waals surface area contributed by atoms with Crippen LogP contribution in [0.15, 0.2) is 0 Å². The van der Waals surface area contributed by atoms with E-state index in [-0.39, 0.29) is 5.69 Å². The van der Waals surface area contributed by atoms with Gasteiger partial charge < -0.3 is 9.84 Å². The smallest absolute Gasteiger partial charge is 0.356 e. The molecule has 3 rings (SSSR count). The van der Waals surface area contributed by atoms with E-state index in [0.29, 0.717) is 12.6 Å². The third-order valence-electron chi connectivity index (χ3n) is 4.57. The van der Waals surface area contributed by atoms with Gasteiger partial charge in [-0.3, -0.25) is 0 Å². The van der Waals surface area contributed by atoms with Crippen LogP contribution in [0.2, 0.25) is 25.7 Å². The highest BCUT2D eigenvalue weighted by Gasteiger charge is 2.44. The Hall–Kier alpha value is -1.14. The molecule has 21 heavy (non-hydrogen) atoms. The summed E-state index contributed by atoms with van der Waals surface area (Å²) in [4.78, 5) is 11.4. The van der Waals surface area contributed by atoms with Crippen molar-refractivity contribution < 1.29 is 14.6 Å². The van der Waals surface area contributed by atoms with Gasteiger partial charge in [0, 0.05) is 25.9 Å². The number of ether oxygens (including phenoxy) is 1. The van der Waals surface area contributed by atoms with Crippen molar-refractivity contribution in [2.45, 2.75) is 51.7 Å². The first-order valence-corrected chi connectivity index (χ1v) is 11.5. The second kappa shape index (κ2) is 5.25. The average molecular weight is 308 g/mol. The standard InChI is InChI=1S/C15H24N2O3Si/c1-21(2,3)5-4-20-9-17-13-8-11-6-10(11)7-12(13)14(16-17)15(18)19/h10-11H,4-9H2,1-3H3,(H,18,19). The second-order valence-corrected chi connectivity index (χ2v) is 13.2. The molecule has 0 bridgehead atoms. The SMILES string of the molecule is C[Si](C)(C)CCOCn1nc(C(=O)O)c2c1CC1CC1C2. The van der Waals surface area contributed by atoms with E-state index in [9.17, 15) is 9.90 Å². The topological polar surface area (TPSA) is 64.4 Å². The predicted octanol–water partition coefficient (Wildman–Crippen LogP) is 2.63. The zero-order valence-corrected chi connectivity index (χ0v) is 14.1. The van der Waals surface area contributed by atoms with E-state index >= 15 is 0 Å². The monoisotopic (exact) mass is 308 g/mol. The highest BCUT2D eigenvalue weighted by atomic mass is 28.3. The first-order valence-electron chi connectivity index (χ1n) is 7.75. The third kappa shape index (κ3) is 3.21. The molecule has 2 unspecified atom stereocenters. The average Bonchev–Trinajstić information content (AvgIpc) is 3.04. The highest BCUT2D eigenvalue weighted by molar-refractivity contribution is 6.76. The fourth-order valence-corrected chi connectivity index (χ4v) is 3.86. The minimum atomic E-state index is -1.09. The number of carboxylic acid groups (broad SMARTS) is 1. The fraction of sp³-hybridized carbons (Fsp3) is 0.733. The lowest BCUT2D eigenvalue weighted by Gasteiger charge is -2.17. The summed E-state index contributed by atoms with van der Waals surface area (Å²) in [6.07, 6.45) is 3.10. The number of rotatable bonds is 6. The molecule has 0 spiro atoms. The normalized spacial score (nSPS) is 23.6. The van der Waals surface area contributed by atoms with Crippen LogP contribution in [-0.4, -0.2) is 35.5 Å². The number of aromatic nitrogens is 2. The number of carbonyl (C=O) groups is 1.